The van der Waals surface area contributed by atoms with Crippen molar-refractivity contribution in [1.29, 1.82) is 0 Å². The summed E-state index contributed by atoms with van der Waals surface area (Å²) < 4.78 is 28.1. The first-order valence-corrected chi connectivity index (χ1v) is 15.4. The molecule has 1 aromatic carbocycles. The molecule has 1 aromatic rings. The molecule has 1 aliphatic carbocycles. The maximum absolute atomic E-state index is 13.8. The van der Waals surface area contributed by atoms with Crippen LogP contribution in [-0.2, 0) is 39.8 Å². The molecule has 0 bridgehead atoms. The number of methoxy groups -OCH3 is 2. The van der Waals surface area contributed by atoms with E-state index < -0.39 is 53.7 Å². The number of aliphatic hydroxyl groups excluding tert-OH is 1. The zero-order chi connectivity index (χ0) is 34.7. The SMILES string of the molecule is COC(=O)C[C@@](O)(CCCC(C)(C)O)C(=O)O[C@@H]1C(OC)=C[C@]23CCC[NH+]2CCc2cc4c(cc2[C@H]13)OCO4.O=C([O-])C(O)C(=O)O. The van der Waals surface area contributed by atoms with Crippen LogP contribution in [0.25, 0.3) is 0 Å². The summed E-state index contributed by atoms with van der Waals surface area (Å²) in [7, 11) is 2.77. The Morgan fingerprint density at radius 3 is 2.36 bits per heavy atom. The summed E-state index contributed by atoms with van der Waals surface area (Å²) in [6, 6.07) is 4.03. The number of carboxylic acid groups (broad SMARTS) is 2. The van der Waals surface area contributed by atoms with Crippen LogP contribution in [0.5, 0.6) is 11.5 Å². The number of benzene rings is 1. The van der Waals surface area contributed by atoms with Crippen molar-refractivity contribution < 1.29 is 73.3 Å². The van der Waals surface area contributed by atoms with E-state index >= 15 is 0 Å². The molecular formula is C32H43NO14. The molecule has 0 saturated carbocycles. The third-order valence-corrected chi connectivity index (χ3v) is 9.28. The molecule has 5 N–H and O–H groups in total. The lowest BCUT2D eigenvalue weighted by atomic mass is 9.77. The Labute approximate surface area is 271 Å². The number of aliphatic hydroxyl groups is 3. The van der Waals surface area contributed by atoms with Crippen LogP contribution in [0.4, 0.5) is 0 Å². The second kappa shape index (κ2) is 14.1. The molecular weight excluding hydrogens is 622 g/mol. The van der Waals surface area contributed by atoms with Gasteiger partial charge in [-0.15, -0.1) is 0 Å². The van der Waals surface area contributed by atoms with Gasteiger partial charge >= 0.3 is 17.9 Å². The Morgan fingerprint density at radius 1 is 1.11 bits per heavy atom. The Bertz CT molecular complexity index is 1390. The van der Waals surface area contributed by atoms with Gasteiger partial charge in [-0.25, -0.2) is 9.59 Å². The summed E-state index contributed by atoms with van der Waals surface area (Å²) in [6.45, 7) is 5.39. The van der Waals surface area contributed by atoms with Gasteiger partial charge in [0.05, 0.1) is 51.2 Å². The van der Waals surface area contributed by atoms with E-state index in [1.165, 1.54) is 12.0 Å². The van der Waals surface area contributed by atoms with Crippen molar-refractivity contribution in [3.63, 3.8) is 0 Å². The lowest BCUT2D eigenvalue weighted by Gasteiger charge is -2.37. The third-order valence-electron chi connectivity index (χ3n) is 9.28. The summed E-state index contributed by atoms with van der Waals surface area (Å²) in [4.78, 5) is 46.3. The summed E-state index contributed by atoms with van der Waals surface area (Å²) in [5.41, 5.74) is -1.29. The van der Waals surface area contributed by atoms with Gasteiger partial charge in [0.25, 0.3) is 0 Å². The number of hydrogen-bond donors (Lipinski definition) is 5. The molecule has 15 nitrogen and oxygen atoms in total. The maximum atomic E-state index is 13.8. The minimum absolute atomic E-state index is 0.0634. The van der Waals surface area contributed by atoms with Gasteiger partial charge in [0.1, 0.15) is 11.3 Å². The molecule has 2 unspecified atom stereocenters. The number of hydrogen-bond acceptors (Lipinski definition) is 13. The molecule has 3 heterocycles. The van der Waals surface area contributed by atoms with E-state index in [1.807, 2.05) is 12.1 Å². The van der Waals surface area contributed by atoms with E-state index in [0.29, 0.717) is 30.1 Å². The zero-order valence-corrected chi connectivity index (χ0v) is 26.9. The molecule has 1 fully saturated rings. The van der Waals surface area contributed by atoms with Gasteiger partial charge in [-0.05, 0) is 56.4 Å². The topological polar surface area (TPSA) is 223 Å². The molecule has 5 rings (SSSR count). The van der Waals surface area contributed by atoms with Crippen molar-refractivity contribution in [3.8, 4) is 11.5 Å². The van der Waals surface area contributed by atoms with Crippen LogP contribution in [0.2, 0.25) is 0 Å². The first-order chi connectivity index (χ1) is 22.0. The van der Waals surface area contributed by atoms with Crippen molar-refractivity contribution in [2.75, 3.05) is 34.1 Å². The average molecular weight is 666 g/mol. The third kappa shape index (κ3) is 7.64. The van der Waals surface area contributed by atoms with Crippen LogP contribution in [0.3, 0.4) is 0 Å². The number of carbonyl (C=O) groups is 4. The normalized spacial score (nSPS) is 25.7. The molecule has 6 atom stereocenters. The molecule has 0 amide bonds. The summed E-state index contributed by atoms with van der Waals surface area (Å²) in [5, 5.41) is 46.7. The molecule has 1 saturated heterocycles. The highest BCUT2D eigenvalue weighted by Crippen LogP contribution is 2.50. The quantitative estimate of drug-likeness (QED) is 0.132. The lowest BCUT2D eigenvalue weighted by Crippen LogP contribution is -3.18. The van der Waals surface area contributed by atoms with Crippen molar-refractivity contribution in [2.24, 2.45) is 0 Å². The number of nitrogens with one attached hydrogen (secondary N) is 1. The Kier molecular flexibility index (Phi) is 10.7. The van der Waals surface area contributed by atoms with Crippen LogP contribution in [0.15, 0.2) is 24.0 Å². The van der Waals surface area contributed by atoms with Gasteiger partial charge in [-0.1, -0.05) is 0 Å². The summed E-state index contributed by atoms with van der Waals surface area (Å²) in [6.07, 6.45) is 1.72. The second-order valence-corrected chi connectivity index (χ2v) is 13.0. The second-order valence-electron chi connectivity index (χ2n) is 13.0. The number of fused-ring (bicyclic) bond motifs is 3. The summed E-state index contributed by atoms with van der Waals surface area (Å²) >= 11 is 0. The molecule has 260 valence electrons. The van der Waals surface area contributed by atoms with Crippen LogP contribution < -0.4 is 19.5 Å². The number of aliphatic carboxylic acids is 2. The van der Waals surface area contributed by atoms with E-state index in [0.717, 1.165) is 43.5 Å². The van der Waals surface area contributed by atoms with Crippen LogP contribution in [0, 0.1) is 0 Å². The van der Waals surface area contributed by atoms with E-state index in [4.69, 9.17) is 33.9 Å². The fourth-order valence-corrected chi connectivity index (χ4v) is 7.02. The van der Waals surface area contributed by atoms with Gasteiger partial charge in [-0.2, -0.15) is 0 Å². The molecule has 0 radical (unpaired) electrons. The largest absolute Gasteiger partial charge is 0.547 e. The molecule has 1 spiro atoms. The minimum Gasteiger partial charge on any atom is -0.547 e. The van der Waals surface area contributed by atoms with Crippen molar-refractivity contribution in [1.82, 2.24) is 0 Å². The number of ether oxygens (including phenoxy) is 5. The van der Waals surface area contributed by atoms with Crippen LogP contribution in [0.1, 0.15) is 69.4 Å². The number of carboxylic acids is 2. The predicted molar refractivity (Wildman–Crippen MR) is 157 cm³/mol. The van der Waals surface area contributed by atoms with Gasteiger partial charge < -0.3 is 58.9 Å². The molecule has 47 heavy (non-hydrogen) atoms. The van der Waals surface area contributed by atoms with Gasteiger partial charge in [0.2, 0.25) is 6.79 Å². The lowest BCUT2D eigenvalue weighted by molar-refractivity contribution is -0.932. The minimum atomic E-state index is -2.41. The molecule has 15 heteroatoms. The average Bonchev–Trinajstić information content (AvgIpc) is 3.69. The van der Waals surface area contributed by atoms with Gasteiger partial charge in [-0.3, -0.25) is 4.79 Å². The maximum Gasteiger partial charge on any atom is 0.339 e. The predicted octanol–water partition coefficient (Wildman–Crippen LogP) is -1.65. The van der Waals surface area contributed by atoms with Gasteiger partial charge in [0, 0.05) is 25.3 Å². The number of carbonyl (C=O) groups excluding carboxylic acids is 3. The van der Waals surface area contributed by atoms with E-state index in [9.17, 15) is 34.5 Å². The zero-order valence-electron chi connectivity index (χ0n) is 26.9. The Morgan fingerprint density at radius 2 is 1.79 bits per heavy atom. The fraction of sp³-hybridized carbons (Fsp3) is 0.625. The van der Waals surface area contributed by atoms with Crippen molar-refractivity contribution >= 4 is 23.9 Å². The highest BCUT2D eigenvalue weighted by molar-refractivity contribution is 5.94. The van der Waals surface area contributed by atoms with E-state index in [2.05, 4.69) is 6.08 Å². The summed E-state index contributed by atoms with van der Waals surface area (Å²) in [5.74, 6) is -3.79. The standard InChI is InChI=1S/C29H39NO9.C3H4O5/c1-27(2,33)8-5-10-29(34,16-23(31)36-4)26(32)39-25-22(35-3)15-28-9-6-11-30(28)12-7-18-13-20-21(38-17-37-20)14-19(18)24(25)28;4-1(2(5)6)3(7)8/h13-15,24-25,33-34H,5-12,16-17H2,1-4H3;1,4H,(H,5,6)(H,7,8)/t24-,25-,28+,29+;/m1./s1. The van der Waals surface area contributed by atoms with Gasteiger partial charge in [0.15, 0.2) is 29.3 Å². The molecule has 4 aliphatic rings. The van der Waals surface area contributed by atoms with E-state index in [1.54, 1.807) is 21.0 Å². The highest BCUT2D eigenvalue weighted by Gasteiger charge is 2.62. The van der Waals surface area contributed by atoms with E-state index in [-0.39, 0.29) is 24.7 Å². The first-order valence-electron chi connectivity index (χ1n) is 15.4. The fourth-order valence-electron chi connectivity index (χ4n) is 7.02. The number of quaternary nitrogens is 1. The Balaban J connectivity index is 0.000000555. The van der Waals surface area contributed by atoms with Crippen LogP contribution in [-0.4, -0.2) is 107 Å². The van der Waals surface area contributed by atoms with Crippen molar-refractivity contribution in [2.45, 2.75) is 93.7 Å². The smallest absolute Gasteiger partial charge is 0.339 e. The first kappa shape index (κ1) is 35.9. The molecule has 3 aliphatic heterocycles. The highest BCUT2D eigenvalue weighted by atomic mass is 16.7. The van der Waals surface area contributed by atoms with Crippen LogP contribution >= 0.6 is 0 Å². The Hall–Kier alpha value is -3.92. The molecule has 0 aromatic heterocycles. The monoisotopic (exact) mass is 665 g/mol. The number of rotatable bonds is 11. The van der Waals surface area contributed by atoms with Crippen molar-refractivity contribution in [3.05, 3.63) is 35.1 Å². The number of esters is 2.